The van der Waals surface area contributed by atoms with Gasteiger partial charge in [0.05, 0.1) is 16.1 Å². The lowest BCUT2D eigenvalue weighted by molar-refractivity contribution is -0.384. The van der Waals surface area contributed by atoms with Crippen LogP contribution in [0.3, 0.4) is 0 Å². The van der Waals surface area contributed by atoms with Gasteiger partial charge >= 0.3 is 0 Å². The zero-order valence-corrected chi connectivity index (χ0v) is 12.6. The van der Waals surface area contributed by atoms with Crippen molar-refractivity contribution in [2.24, 2.45) is 0 Å². The lowest BCUT2D eigenvalue weighted by Crippen LogP contribution is -2.19. The summed E-state index contributed by atoms with van der Waals surface area (Å²) in [5.74, 6) is 0.754. The van der Waals surface area contributed by atoms with Crippen LogP contribution in [0, 0.1) is 10.1 Å². The van der Waals surface area contributed by atoms with Crippen LogP contribution in [0.5, 0.6) is 0 Å². The summed E-state index contributed by atoms with van der Waals surface area (Å²) in [6, 6.07) is 7.29. The van der Waals surface area contributed by atoms with Crippen molar-refractivity contribution in [3.8, 4) is 0 Å². The second-order valence-electron chi connectivity index (χ2n) is 4.40. The van der Waals surface area contributed by atoms with E-state index in [1.807, 2.05) is 0 Å². The molecule has 0 unspecified atom stereocenters. The minimum absolute atomic E-state index is 0.154. The molecule has 0 saturated heterocycles. The van der Waals surface area contributed by atoms with E-state index in [1.165, 1.54) is 19.2 Å². The lowest BCUT2D eigenvalue weighted by atomic mass is 10.2. The summed E-state index contributed by atoms with van der Waals surface area (Å²) in [5.41, 5.74) is -0.0395. The second-order valence-corrected chi connectivity index (χ2v) is 6.29. The van der Waals surface area contributed by atoms with Gasteiger partial charge in [-0.05, 0) is 31.3 Å². The molecule has 2 N–H and O–H groups in total. The van der Waals surface area contributed by atoms with Crippen LogP contribution in [0.2, 0.25) is 0 Å². The Morgan fingerprint density at radius 3 is 2.68 bits per heavy atom. The number of anilines is 1. The largest absolute Gasteiger partial charge is 0.469 e. The monoisotopic (exact) mass is 325 g/mol. The van der Waals surface area contributed by atoms with E-state index in [4.69, 9.17) is 4.42 Å². The molecular formula is C13H15N3O5S. The Morgan fingerprint density at radius 1 is 1.32 bits per heavy atom. The van der Waals surface area contributed by atoms with E-state index in [0.29, 0.717) is 13.0 Å². The Bertz CT molecular complexity index is 756. The molecule has 0 spiro atoms. The number of rotatable bonds is 7. The molecule has 0 radical (unpaired) electrons. The van der Waals surface area contributed by atoms with Crippen LogP contribution in [0.1, 0.15) is 5.76 Å². The number of nitrogens with zero attached hydrogens (tertiary/aromatic N) is 1. The summed E-state index contributed by atoms with van der Waals surface area (Å²) in [6.07, 6.45) is 2.11. The zero-order valence-electron chi connectivity index (χ0n) is 11.8. The smallest absolute Gasteiger partial charge is 0.293 e. The van der Waals surface area contributed by atoms with E-state index < -0.39 is 14.9 Å². The lowest BCUT2D eigenvalue weighted by Gasteiger charge is -2.08. The van der Waals surface area contributed by atoms with Crippen molar-refractivity contribution in [2.75, 3.05) is 18.9 Å². The highest BCUT2D eigenvalue weighted by molar-refractivity contribution is 7.89. The summed E-state index contributed by atoms with van der Waals surface area (Å²) >= 11 is 0. The summed E-state index contributed by atoms with van der Waals surface area (Å²) in [7, 11) is -2.48. The van der Waals surface area contributed by atoms with Crippen molar-refractivity contribution in [3.63, 3.8) is 0 Å². The van der Waals surface area contributed by atoms with Crippen molar-refractivity contribution in [1.82, 2.24) is 4.72 Å². The van der Waals surface area contributed by atoms with Crippen LogP contribution < -0.4 is 10.0 Å². The molecule has 1 heterocycles. The van der Waals surface area contributed by atoms with Crippen molar-refractivity contribution in [1.29, 1.82) is 0 Å². The van der Waals surface area contributed by atoms with Gasteiger partial charge in [0.25, 0.3) is 5.69 Å². The normalized spacial score (nSPS) is 11.3. The molecule has 0 aliphatic heterocycles. The summed E-state index contributed by atoms with van der Waals surface area (Å²) in [5, 5.41) is 14.0. The number of hydrogen-bond donors (Lipinski definition) is 2. The maximum atomic E-state index is 11.7. The molecule has 2 rings (SSSR count). The fourth-order valence-corrected chi connectivity index (χ4v) is 2.62. The Hall–Kier alpha value is -2.39. The van der Waals surface area contributed by atoms with Gasteiger partial charge in [-0.2, -0.15) is 0 Å². The SMILES string of the molecule is CNS(=O)(=O)c1ccc(NCCc2ccco2)c([N+](=O)[O-])c1. The molecule has 0 atom stereocenters. The molecule has 0 fully saturated rings. The van der Waals surface area contributed by atoms with E-state index in [1.54, 1.807) is 18.4 Å². The van der Waals surface area contributed by atoms with Gasteiger partial charge in [0.2, 0.25) is 10.0 Å². The molecule has 22 heavy (non-hydrogen) atoms. The van der Waals surface area contributed by atoms with E-state index in [2.05, 4.69) is 10.0 Å². The average molecular weight is 325 g/mol. The quantitative estimate of drug-likeness (QED) is 0.592. The molecule has 0 saturated carbocycles. The third-order valence-electron chi connectivity index (χ3n) is 3.01. The highest BCUT2D eigenvalue weighted by Crippen LogP contribution is 2.27. The molecular weight excluding hydrogens is 310 g/mol. The van der Waals surface area contributed by atoms with E-state index in [9.17, 15) is 18.5 Å². The topological polar surface area (TPSA) is 114 Å². The van der Waals surface area contributed by atoms with Crippen LogP contribution in [0.25, 0.3) is 0 Å². The van der Waals surface area contributed by atoms with Crippen molar-refractivity contribution in [2.45, 2.75) is 11.3 Å². The van der Waals surface area contributed by atoms with Crippen LogP contribution >= 0.6 is 0 Å². The standard InChI is InChI=1S/C13H15N3O5S/c1-14-22(19,20)11-4-5-12(13(9-11)16(17)18)15-7-6-10-3-2-8-21-10/h2-5,8-9,14-15H,6-7H2,1H3. The second kappa shape index (κ2) is 6.58. The molecule has 2 aromatic rings. The number of benzene rings is 1. The number of hydrogen-bond acceptors (Lipinski definition) is 6. The maximum Gasteiger partial charge on any atom is 0.293 e. The molecule has 8 nitrogen and oxygen atoms in total. The molecule has 0 aliphatic carbocycles. The zero-order chi connectivity index (χ0) is 16.2. The summed E-state index contributed by atoms with van der Waals surface area (Å²) in [6.45, 7) is 0.423. The average Bonchev–Trinajstić information content (AvgIpc) is 3.00. The number of nitrogens with one attached hydrogen (secondary N) is 2. The summed E-state index contributed by atoms with van der Waals surface area (Å²) < 4.78 is 30.7. The van der Waals surface area contributed by atoms with Crippen molar-refractivity contribution in [3.05, 3.63) is 52.5 Å². The van der Waals surface area contributed by atoms with E-state index in [0.717, 1.165) is 11.8 Å². The van der Waals surface area contributed by atoms with Crippen LogP contribution in [-0.2, 0) is 16.4 Å². The van der Waals surface area contributed by atoms with Crippen molar-refractivity contribution >= 4 is 21.4 Å². The number of sulfonamides is 1. The molecule has 1 aromatic carbocycles. The number of nitro benzene ring substituents is 1. The Morgan fingerprint density at radius 2 is 2.09 bits per heavy atom. The van der Waals surface area contributed by atoms with E-state index >= 15 is 0 Å². The Labute approximate surface area is 127 Å². The van der Waals surface area contributed by atoms with Gasteiger partial charge in [-0.1, -0.05) is 0 Å². The first kappa shape index (κ1) is 16.0. The van der Waals surface area contributed by atoms with Gasteiger partial charge in [-0.25, -0.2) is 13.1 Å². The first-order valence-corrected chi connectivity index (χ1v) is 7.90. The van der Waals surface area contributed by atoms with Gasteiger partial charge < -0.3 is 9.73 Å². The predicted molar refractivity (Wildman–Crippen MR) is 80.2 cm³/mol. The molecule has 0 bridgehead atoms. The molecule has 1 aromatic heterocycles. The molecule has 118 valence electrons. The minimum atomic E-state index is -3.72. The number of nitro groups is 1. The maximum absolute atomic E-state index is 11.7. The molecule has 9 heteroatoms. The molecule has 0 aliphatic rings. The van der Waals surface area contributed by atoms with Crippen molar-refractivity contribution < 1.29 is 17.8 Å². The fourth-order valence-electron chi connectivity index (χ4n) is 1.87. The minimum Gasteiger partial charge on any atom is -0.469 e. The molecule has 0 amide bonds. The van der Waals surface area contributed by atoms with Crippen LogP contribution in [-0.4, -0.2) is 26.9 Å². The van der Waals surface area contributed by atoms with Crippen LogP contribution in [0.15, 0.2) is 45.9 Å². The van der Waals surface area contributed by atoms with Gasteiger partial charge in [-0.15, -0.1) is 0 Å². The Balaban J connectivity index is 2.18. The van der Waals surface area contributed by atoms with Gasteiger partial charge in [0, 0.05) is 19.0 Å². The first-order chi connectivity index (χ1) is 10.4. The predicted octanol–water partition coefficient (Wildman–Crippen LogP) is 1.75. The Kier molecular flexibility index (Phi) is 4.78. The highest BCUT2D eigenvalue weighted by atomic mass is 32.2. The van der Waals surface area contributed by atoms with Gasteiger partial charge in [-0.3, -0.25) is 10.1 Å². The van der Waals surface area contributed by atoms with E-state index in [-0.39, 0.29) is 16.3 Å². The third kappa shape index (κ3) is 3.62. The fraction of sp³-hybridized carbons (Fsp3) is 0.231. The third-order valence-corrected chi connectivity index (χ3v) is 4.42. The van der Waals surface area contributed by atoms with Gasteiger partial charge in [0.15, 0.2) is 0 Å². The van der Waals surface area contributed by atoms with Gasteiger partial charge in [0.1, 0.15) is 11.4 Å². The number of furan rings is 1. The highest BCUT2D eigenvalue weighted by Gasteiger charge is 2.20. The van der Waals surface area contributed by atoms with Crippen LogP contribution in [0.4, 0.5) is 11.4 Å². The first-order valence-electron chi connectivity index (χ1n) is 6.42. The summed E-state index contributed by atoms with van der Waals surface area (Å²) in [4.78, 5) is 10.3.